The van der Waals surface area contributed by atoms with Crippen molar-refractivity contribution >= 4 is 23.4 Å². The molecule has 0 heterocycles. The highest BCUT2D eigenvalue weighted by molar-refractivity contribution is 6.15. The molecule has 152 valence electrons. The highest BCUT2D eigenvalue weighted by Gasteiger charge is 2.10. The predicted octanol–water partition coefficient (Wildman–Crippen LogP) is 2.36. The van der Waals surface area contributed by atoms with Gasteiger partial charge in [0.2, 0.25) is 11.8 Å². The average molecular weight is 388 g/mol. The fraction of sp³-hybridized carbons (Fsp3) is 0.381. The van der Waals surface area contributed by atoms with Gasteiger partial charge < -0.3 is 20.5 Å². The summed E-state index contributed by atoms with van der Waals surface area (Å²) in [5.74, 6) is -0.657. The third-order valence-corrected chi connectivity index (χ3v) is 3.76. The highest BCUT2D eigenvalue weighted by Crippen LogP contribution is 2.19. The maximum Gasteiger partial charge on any atom is 0.338 e. The standard InChI is InChI=1S/C21H28N2O5/c1-3-27-21(26)16(2)17-8-10-18(11-9-17)28-15-7-5-4-6-14-23-20(25)13-12-19(22)24/h8-13H,2-7,14-15H2,1H3,(H2,22,24)(H,23,25)/b13-12-. The van der Waals surface area contributed by atoms with E-state index in [1.807, 2.05) is 0 Å². The van der Waals surface area contributed by atoms with Crippen molar-refractivity contribution in [3.63, 3.8) is 0 Å². The number of unbranched alkanes of at least 4 members (excludes halogenated alkanes) is 3. The number of rotatable bonds is 13. The Balaban J connectivity index is 2.15. The number of hydrogen-bond acceptors (Lipinski definition) is 5. The van der Waals surface area contributed by atoms with Crippen LogP contribution in [0.2, 0.25) is 0 Å². The van der Waals surface area contributed by atoms with Crippen molar-refractivity contribution in [1.29, 1.82) is 0 Å². The average Bonchev–Trinajstić information content (AvgIpc) is 2.68. The van der Waals surface area contributed by atoms with Crippen molar-refractivity contribution in [1.82, 2.24) is 5.32 Å². The summed E-state index contributed by atoms with van der Waals surface area (Å²) in [5.41, 5.74) is 5.94. The van der Waals surface area contributed by atoms with Crippen LogP contribution in [0.25, 0.3) is 5.57 Å². The molecule has 0 radical (unpaired) electrons. The van der Waals surface area contributed by atoms with Gasteiger partial charge in [0.05, 0.1) is 18.8 Å². The molecule has 0 saturated heterocycles. The largest absolute Gasteiger partial charge is 0.494 e. The van der Waals surface area contributed by atoms with Crippen LogP contribution in [0, 0.1) is 0 Å². The maximum absolute atomic E-state index is 11.6. The lowest BCUT2D eigenvalue weighted by Crippen LogP contribution is -2.22. The maximum atomic E-state index is 11.6. The third kappa shape index (κ3) is 9.56. The Bertz CT molecular complexity index is 695. The number of primary amides is 1. The van der Waals surface area contributed by atoms with Crippen molar-refractivity contribution in [3.8, 4) is 5.75 Å². The van der Waals surface area contributed by atoms with E-state index in [4.69, 9.17) is 15.2 Å². The lowest BCUT2D eigenvalue weighted by Gasteiger charge is -2.09. The zero-order chi connectivity index (χ0) is 20.8. The molecule has 7 nitrogen and oxygen atoms in total. The van der Waals surface area contributed by atoms with Gasteiger partial charge in [-0.2, -0.15) is 0 Å². The van der Waals surface area contributed by atoms with E-state index in [1.54, 1.807) is 31.2 Å². The summed E-state index contributed by atoms with van der Waals surface area (Å²) in [6.07, 6.45) is 5.84. The topological polar surface area (TPSA) is 108 Å². The second-order valence-corrected chi connectivity index (χ2v) is 6.01. The van der Waals surface area contributed by atoms with Crippen molar-refractivity contribution < 1.29 is 23.9 Å². The van der Waals surface area contributed by atoms with Gasteiger partial charge in [0.1, 0.15) is 5.75 Å². The number of nitrogens with two attached hydrogens (primary N) is 1. The molecule has 1 rings (SSSR count). The van der Waals surface area contributed by atoms with Gasteiger partial charge in [-0.3, -0.25) is 9.59 Å². The minimum absolute atomic E-state index is 0.317. The van der Waals surface area contributed by atoms with E-state index in [0.717, 1.165) is 43.6 Å². The third-order valence-electron chi connectivity index (χ3n) is 3.76. The van der Waals surface area contributed by atoms with Gasteiger partial charge in [0.15, 0.2) is 0 Å². The minimum Gasteiger partial charge on any atom is -0.494 e. The van der Waals surface area contributed by atoms with Gasteiger partial charge >= 0.3 is 5.97 Å². The van der Waals surface area contributed by atoms with E-state index in [-0.39, 0.29) is 5.91 Å². The number of nitrogens with one attached hydrogen (secondary N) is 1. The van der Waals surface area contributed by atoms with E-state index >= 15 is 0 Å². The molecule has 3 N–H and O–H groups in total. The summed E-state index contributed by atoms with van der Waals surface area (Å²) in [7, 11) is 0. The summed E-state index contributed by atoms with van der Waals surface area (Å²) in [5, 5.41) is 2.68. The van der Waals surface area contributed by atoms with Crippen LogP contribution in [0.4, 0.5) is 0 Å². The monoisotopic (exact) mass is 388 g/mol. The molecule has 0 aliphatic heterocycles. The summed E-state index contributed by atoms with van der Waals surface area (Å²) in [4.78, 5) is 33.5. The molecule has 0 aliphatic rings. The molecule has 2 amide bonds. The molecule has 1 aromatic rings. The molecule has 0 fully saturated rings. The Kier molecular flexibility index (Phi) is 10.8. The molecule has 0 aliphatic carbocycles. The fourth-order valence-corrected chi connectivity index (χ4v) is 2.29. The van der Waals surface area contributed by atoms with Gasteiger partial charge in [0.25, 0.3) is 0 Å². The number of carbonyl (C=O) groups excluding carboxylic acids is 3. The molecule has 0 bridgehead atoms. The van der Waals surface area contributed by atoms with Crippen LogP contribution in [-0.2, 0) is 19.1 Å². The van der Waals surface area contributed by atoms with Gasteiger partial charge in [-0.1, -0.05) is 31.6 Å². The quantitative estimate of drug-likeness (QED) is 0.306. The van der Waals surface area contributed by atoms with Crippen LogP contribution in [0.1, 0.15) is 38.2 Å². The van der Waals surface area contributed by atoms with Gasteiger partial charge in [-0.05, 0) is 37.5 Å². The number of amides is 2. The van der Waals surface area contributed by atoms with Gasteiger partial charge in [-0.25, -0.2) is 4.79 Å². The Morgan fingerprint density at radius 1 is 1.07 bits per heavy atom. The highest BCUT2D eigenvalue weighted by atomic mass is 16.5. The molecule has 0 atom stereocenters. The van der Waals surface area contributed by atoms with E-state index < -0.39 is 11.9 Å². The lowest BCUT2D eigenvalue weighted by molar-refractivity contribution is -0.136. The summed E-state index contributed by atoms with van der Waals surface area (Å²) < 4.78 is 10.6. The fourth-order valence-electron chi connectivity index (χ4n) is 2.29. The number of hydrogen-bond donors (Lipinski definition) is 2. The summed E-state index contributed by atoms with van der Waals surface area (Å²) >= 11 is 0. The summed E-state index contributed by atoms with van der Waals surface area (Å²) in [6, 6.07) is 7.16. The Morgan fingerprint density at radius 3 is 2.39 bits per heavy atom. The number of ether oxygens (including phenoxy) is 2. The van der Waals surface area contributed by atoms with Crippen LogP contribution < -0.4 is 15.8 Å². The van der Waals surface area contributed by atoms with E-state index in [9.17, 15) is 14.4 Å². The Hall–Kier alpha value is -3.09. The van der Waals surface area contributed by atoms with Crippen molar-refractivity contribution in [2.24, 2.45) is 5.73 Å². The Labute approximate surface area is 165 Å². The zero-order valence-electron chi connectivity index (χ0n) is 16.2. The molecule has 1 aromatic carbocycles. The number of benzene rings is 1. The van der Waals surface area contributed by atoms with Crippen LogP contribution >= 0.6 is 0 Å². The van der Waals surface area contributed by atoms with Gasteiger partial charge in [0, 0.05) is 18.7 Å². The molecule has 0 spiro atoms. The SMILES string of the molecule is C=C(C(=O)OCC)c1ccc(OCCCCCCNC(=O)/C=C\C(N)=O)cc1. The van der Waals surface area contributed by atoms with Crippen LogP contribution in [-0.4, -0.2) is 37.5 Å². The number of esters is 1. The Morgan fingerprint density at radius 2 is 1.75 bits per heavy atom. The first-order chi connectivity index (χ1) is 13.4. The molecule has 0 saturated carbocycles. The van der Waals surface area contributed by atoms with Gasteiger partial charge in [-0.15, -0.1) is 0 Å². The lowest BCUT2D eigenvalue weighted by atomic mass is 10.1. The smallest absolute Gasteiger partial charge is 0.338 e. The molecular formula is C21H28N2O5. The van der Waals surface area contributed by atoms with Crippen LogP contribution in [0.5, 0.6) is 5.75 Å². The normalized spacial score (nSPS) is 10.5. The number of carbonyl (C=O) groups is 3. The van der Waals surface area contributed by atoms with Crippen molar-refractivity contribution in [2.75, 3.05) is 19.8 Å². The first kappa shape index (κ1) is 23.0. The molecule has 28 heavy (non-hydrogen) atoms. The van der Waals surface area contributed by atoms with Crippen LogP contribution in [0.3, 0.4) is 0 Å². The van der Waals surface area contributed by atoms with Crippen molar-refractivity contribution in [3.05, 3.63) is 48.6 Å². The van der Waals surface area contributed by atoms with Crippen LogP contribution in [0.15, 0.2) is 43.0 Å². The zero-order valence-corrected chi connectivity index (χ0v) is 16.2. The molecule has 0 unspecified atom stereocenters. The minimum atomic E-state index is -0.645. The first-order valence-electron chi connectivity index (χ1n) is 9.28. The molecule has 7 heteroatoms. The molecule has 0 aromatic heterocycles. The first-order valence-corrected chi connectivity index (χ1v) is 9.28. The van der Waals surface area contributed by atoms with E-state index in [1.165, 1.54) is 0 Å². The summed E-state index contributed by atoms with van der Waals surface area (Å²) in [6.45, 7) is 6.96. The predicted molar refractivity (Wildman–Crippen MR) is 107 cm³/mol. The van der Waals surface area contributed by atoms with Crippen molar-refractivity contribution in [2.45, 2.75) is 32.6 Å². The van der Waals surface area contributed by atoms with E-state index in [2.05, 4.69) is 11.9 Å². The second kappa shape index (κ2) is 13.1. The second-order valence-electron chi connectivity index (χ2n) is 6.01. The van der Waals surface area contributed by atoms with E-state index in [0.29, 0.717) is 30.9 Å². The molecular weight excluding hydrogens is 360 g/mol.